The van der Waals surface area contributed by atoms with E-state index < -0.39 is 5.50 Å². The summed E-state index contributed by atoms with van der Waals surface area (Å²) in [5.41, 5.74) is -0.360. The lowest BCUT2D eigenvalue weighted by atomic mass is 10.2. The van der Waals surface area contributed by atoms with Crippen LogP contribution in [0.5, 0.6) is 0 Å². The van der Waals surface area contributed by atoms with Crippen LogP contribution in [0.1, 0.15) is 11.4 Å². The standard InChI is InChI=1S/C9H6ClN3O2/c10-7(13-14)9-12-11-8(15-9)6-4-2-1-3-5-6/h1-5,7H. The first-order chi connectivity index (χ1) is 7.31. The van der Waals surface area contributed by atoms with Gasteiger partial charge in [0.15, 0.2) is 0 Å². The molecule has 2 aromatic rings. The van der Waals surface area contributed by atoms with Gasteiger partial charge in [-0.3, -0.25) is 0 Å². The minimum Gasteiger partial charge on any atom is -0.417 e. The van der Waals surface area contributed by atoms with E-state index in [4.69, 9.17) is 16.0 Å². The van der Waals surface area contributed by atoms with Crippen molar-refractivity contribution in [2.75, 3.05) is 0 Å². The van der Waals surface area contributed by atoms with Gasteiger partial charge in [0.2, 0.25) is 11.4 Å². The van der Waals surface area contributed by atoms with Gasteiger partial charge >= 0.3 is 0 Å². The number of nitrogens with zero attached hydrogens (tertiary/aromatic N) is 3. The predicted molar refractivity (Wildman–Crippen MR) is 54.1 cm³/mol. The highest BCUT2D eigenvalue weighted by atomic mass is 35.5. The topological polar surface area (TPSA) is 68.3 Å². The van der Waals surface area contributed by atoms with Crippen molar-refractivity contribution in [2.45, 2.75) is 5.50 Å². The van der Waals surface area contributed by atoms with Crippen LogP contribution in [0.15, 0.2) is 39.9 Å². The molecular weight excluding hydrogens is 218 g/mol. The molecule has 0 bridgehead atoms. The molecule has 1 atom stereocenters. The first kappa shape index (κ1) is 9.79. The number of rotatable bonds is 3. The molecule has 1 unspecified atom stereocenters. The zero-order valence-corrected chi connectivity index (χ0v) is 8.26. The van der Waals surface area contributed by atoms with Crippen LogP contribution in [-0.4, -0.2) is 10.2 Å². The van der Waals surface area contributed by atoms with Crippen molar-refractivity contribution in [3.05, 3.63) is 41.1 Å². The lowest BCUT2D eigenvalue weighted by molar-refractivity contribution is 0.502. The van der Waals surface area contributed by atoms with E-state index in [-0.39, 0.29) is 5.89 Å². The largest absolute Gasteiger partial charge is 0.417 e. The Balaban J connectivity index is 2.32. The average Bonchev–Trinajstić information content (AvgIpc) is 2.78. The molecule has 2 rings (SSSR count). The second-order valence-corrected chi connectivity index (χ2v) is 3.17. The zero-order valence-electron chi connectivity index (χ0n) is 7.50. The Morgan fingerprint density at radius 1 is 1.27 bits per heavy atom. The Kier molecular flexibility index (Phi) is 2.73. The lowest BCUT2D eigenvalue weighted by Gasteiger charge is -1.92. The summed E-state index contributed by atoms with van der Waals surface area (Å²) in [6.45, 7) is 0. The molecule has 6 heteroatoms. The van der Waals surface area contributed by atoms with Crippen molar-refractivity contribution in [3.63, 3.8) is 0 Å². The summed E-state index contributed by atoms with van der Waals surface area (Å²) in [6, 6.07) is 9.19. The number of hydrogen-bond donors (Lipinski definition) is 0. The number of halogens is 1. The third kappa shape index (κ3) is 2.02. The first-order valence-corrected chi connectivity index (χ1v) is 4.60. The third-order valence-electron chi connectivity index (χ3n) is 1.76. The maximum atomic E-state index is 10.1. The fourth-order valence-corrected chi connectivity index (χ4v) is 1.16. The van der Waals surface area contributed by atoms with Crippen molar-refractivity contribution in [1.29, 1.82) is 0 Å². The predicted octanol–water partition coefficient (Wildman–Crippen LogP) is 2.74. The SMILES string of the molecule is O=NC(Cl)c1nnc(-c2ccccc2)o1. The molecule has 1 aromatic carbocycles. The van der Waals surface area contributed by atoms with Gasteiger partial charge in [-0.2, -0.15) is 0 Å². The number of alkyl halides is 1. The van der Waals surface area contributed by atoms with E-state index in [1.54, 1.807) is 0 Å². The van der Waals surface area contributed by atoms with Gasteiger partial charge < -0.3 is 4.42 Å². The van der Waals surface area contributed by atoms with Crippen LogP contribution in [0, 0.1) is 4.91 Å². The highest BCUT2D eigenvalue weighted by molar-refractivity contribution is 6.20. The Morgan fingerprint density at radius 3 is 2.67 bits per heavy atom. The molecule has 0 amide bonds. The highest BCUT2D eigenvalue weighted by Crippen LogP contribution is 2.24. The maximum Gasteiger partial charge on any atom is 0.260 e. The molecule has 0 spiro atoms. The molecule has 76 valence electrons. The maximum absolute atomic E-state index is 10.1. The van der Waals surface area contributed by atoms with Crippen LogP contribution in [-0.2, 0) is 0 Å². The number of hydrogen-bond acceptors (Lipinski definition) is 5. The fraction of sp³-hybridized carbons (Fsp3) is 0.111. The molecule has 0 aliphatic rings. The molecule has 1 heterocycles. The van der Waals surface area contributed by atoms with Crippen LogP contribution < -0.4 is 0 Å². The normalized spacial score (nSPS) is 12.3. The van der Waals surface area contributed by atoms with Gasteiger partial charge in [0, 0.05) is 5.56 Å². The van der Waals surface area contributed by atoms with E-state index in [1.165, 1.54) is 0 Å². The number of benzene rings is 1. The zero-order chi connectivity index (χ0) is 10.7. The van der Waals surface area contributed by atoms with E-state index >= 15 is 0 Å². The molecular formula is C9H6ClN3O2. The minimum atomic E-state index is -1.13. The van der Waals surface area contributed by atoms with Gasteiger partial charge in [-0.1, -0.05) is 29.8 Å². The monoisotopic (exact) mass is 223 g/mol. The average molecular weight is 224 g/mol. The van der Waals surface area contributed by atoms with Crippen molar-refractivity contribution >= 4 is 11.6 Å². The van der Waals surface area contributed by atoms with Gasteiger partial charge in [-0.15, -0.1) is 15.1 Å². The summed E-state index contributed by atoms with van der Waals surface area (Å²) in [5.74, 6) is 0.324. The first-order valence-electron chi connectivity index (χ1n) is 4.16. The smallest absolute Gasteiger partial charge is 0.260 e. The molecule has 1 aromatic heterocycles. The van der Waals surface area contributed by atoms with E-state index in [2.05, 4.69) is 15.4 Å². The van der Waals surface area contributed by atoms with Crippen LogP contribution in [0.3, 0.4) is 0 Å². The summed E-state index contributed by atoms with van der Waals surface area (Å²) in [5, 5.41) is 9.96. The van der Waals surface area contributed by atoms with Gasteiger partial charge in [0.25, 0.3) is 5.89 Å². The lowest BCUT2D eigenvalue weighted by Crippen LogP contribution is -1.83. The van der Waals surface area contributed by atoms with Crippen molar-refractivity contribution in [2.24, 2.45) is 5.18 Å². The summed E-state index contributed by atoms with van der Waals surface area (Å²) in [4.78, 5) is 10.1. The minimum absolute atomic E-state index is 0.00511. The number of aromatic nitrogens is 2. The summed E-state index contributed by atoms with van der Waals surface area (Å²) >= 11 is 5.52. The van der Waals surface area contributed by atoms with E-state index in [1.807, 2.05) is 30.3 Å². The Bertz CT molecular complexity index is 457. The molecule has 0 saturated carbocycles. The Morgan fingerprint density at radius 2 is 2.00 bits per heavy atom. The quantitative estimate of drug-likeness (QED) is 0.456. The second kappa shape index (κ2) is 4.18. The third-order valence-corrected chi connectivity index (χ3v) is 2.02. The van der Waals surface area contributed by atoms with Crippen molar-refractivity contribution in [1.82, 2.24) is 10.2 Å². The van der Waals surface area contributed by atoms with Gasteiger partial charge in [0.1, 0.15) is 0 Å². The summed E-state index contributed by atoms with van der Waals surface area (Å²) in [7, 11) is 0. The molecule has 0 saturated heterocycles. The fourth-order valence-electron chi connectivity index (χ4n) is 1.07. The van der Waals surface area contributed by atoms with Crippen LogP contribution in [0.4, 0.5) is 0 Å². The summed E-state index contributed by atoms with van der Waals surface area (Å²) in [6.07, 6.45) is 0. The van der Waals surface area contributed by atoms with Gasteiger partial charge in [-0.25, -0.2) is 0 Å². The highest BCUT2D eigenvalue weighted by Gasteiger charge is 2.16. The Labute approximate surface area is 90.1 Å². The van der Waals surface area contributed by atoms with E-state index in [0.29, 0.717) is 5.89 Å². The van der Waals surface area contributed by atoms with Crippen molar-refractivity contribution in [3.8, 4) is 11.5 Å². The van der Waals surface area contributed by atoms with Crippen molar-refractivity contribution < 1.29 is 4.42 Å². The molecule has 0 N–H and O–H groups in total. The molecule has 5 nitrogen and oxygen atoms in total. The van der Waals surface area contributed by atoms with E-state index in [9.17, 15) is 4.91 Å². The summed E-state index contributed by atoms with van der Waals surface area (Å²) < 4.78 is 5.17. The van der Waals surface area contributed by atoms with Gasteiger partial charge in [-0.05, 0) is 17.3 Å². The van der Waals surface area contributed by atoms with Crippen LogP contribution in [0.25, 0.3) is 11.5 Å². The molecule has 0 radical (unpaired) electrons. The molecule has 0 aliphatic heterocycles. The molecule has 0 fully saturated rings. The van der Waals surface area contributed by atoms with Crippen LogP contribution in [0.2, 0.25) is 0 Å². The van der Waals surface area contributed by atoms with Crippen LogP contribution >= 0.6 is 11.6 Å². The van der Waals surface area contributed by atoms with Gasteiger partial charge in [0.05, 0.1) is 0 Å². The van der Waals surface area contributed by atoms with E-state index in [0.717, 1.165) is 5.56 Å². The molecule has 0 aliphatic carbocycles. The molecule has 15 heavy (non-hydrogen) atoms. The Hall–Kier alpha value is -1.75. The number of nitroso groups, excluding NO2 is 1. The second-order valence-electron chi connectivity index (χ2n) is 2.75.